The van der Waals surface area contributed by atoms with E-state index in [4.69, 9.17) is 9.72 Å². The van der Waals surface area contributed by atoms with Crippen molar-refractivity contribution in [2.24, 2.45) is 0 Å². The molecule has 1 aliphatic heterocycles. The number of rotatable bonds is 7. The van der Waals surface area contributed by atoms with Gasteiger partial charge in [0.25, 0.3) is 5.91 Å². The number of para-hydroxylation sites is 2. The van der Waals surface area contributed by atoms with E-state index in [-0.39, 0.29) is 11.3 Å². The third-order valence-electron chi connectivity index (χ3n) is 7.58. The lowest BCUT2D eigenvalue weighted by Gasteiger charge is -2.34. The van der Waals surface area contributed by atoms with Gasteiger partial charge in [-0.15, -0.1) is 0 Å². The number of carbonyl (C=O) groups excluding carboxylic acids is 1. The standard InChI is InChI=1S/C34H36N6O2/c1-34(2,3)26-14-7-8-17-29(26)42-31-28(16-10-18-35-31)37-33-36-27-15-9-13-25(30(27)38-33)32(41)40-21-19-39(20-22-40)23-24-11-5-4-6-12-24/h4-18H,19-23H2,1-3H3,(H2,36,37,38). The van der Waals surface area contributed by atoms with Crippen LogP contribution in [0.15, 0.2) is 91.1 Å². The first-order chi connectivity index (χ1) is 20.3. The number of aromatic nitrogens is 3. The van der Waals surface area contributed by atoms with Gasteiger partial charge in [-0.1, -0.05) is 75.4 Å². The molecule has 214 valence electrons. The van der Waals surface area contributed by atoms with Crippen molar-refractivity contribution in [3.8, 4) is 11.6 Å². The van der Waals surface area contributed by atoms with Gasteiger partial charge in [-0.3, -0.25) is 9.69 Å². The molecule has 0 radical (unpaired) electrons. The molecule has 6 rings (SSSR count). The number of hydrogen-bond donors (Lipinski definition) is 2. The highest BCUT2D eigenvalue weighted by Gasteiger charge is 2.25. The Labute approximate surface area is 246 Å². The van der Waals surface area contributed by atoms with Crippen LogP contribution in [0.1, 0.15) is 42.3 Å². The molecule has 3 heterocycles. The zero-order valence-corrected chi connectivity index (χ0v) is 24.3. The van der Waals surface area contributed by atoms with E-state index >= 15 is 0 Å². The SMILES string of the molecule is CC(C)(C)c1ccccc1Oc1ncccc1Nc1nc2c(C(=O)N3CCN(Cc4ccccc4)CC3)cccc2[nH]1. The van der Waals surface area contributed by atoms with Crippen molar-refractivity contribution in [2.45, 2.75) is 32.7 Å². The van der Waals surface area contributed by atoms with Crippen molar-refractivity contribution >= 4 is 28.6 Å². The Hall–Kier alpha value is -4.69. The molecule has 1 amide bonds. The number of H-pyrrole nitrogens is 1. The fourth-order valence-electron chi connectivity index (χ4n) is 5.36. The Bertz CT molecular complexity index is 1680. The number of nitrogens with one attached hydrogen (secondary N) is 2. The molecule has 2 aromatic heterocycles. The lowest BCUT2D eigenvalue weighted by Crippen LogP contribution is -2.48. The van der Waals surface area contributed by atoms with E-state index in [0.717, 1.165) is 36.5 Å². The van der Waals surface area contributed by atoms with Crippen molar-refractivity contribution in [1.82, 2.24) is 24.8 Å². The van der Waals surface area contributed by atoms with E-state index in [1.165, 1.54) is 5.56 Å². The highest BCUT2D eigenvalue weighted by Crippen LogP contribution is 2.36. The number of amides is 1. The van der Waals surface area contributed by atoms with Crippen molar-refractivity contribution < 1.29 is 9.53 Å². The number of piperazine rings is 1. The largest absolute Gasteiger partial charge is 0.437 e. The fourth-order valence-corrected chi connectivity index (χ4v) is 5.36. The number of anilines is 2. The zero-order valence-electron chi connectivity index (χ0n) is 24.3. The maximum atomic E-state index is 13.6. The molecule has 8 heteroatoms. The quantitative estimate of drug-likeness (QED) is 0.229. The van der Waals surface area contributed by atoms with E-state index in [9.17, 15) is 4.79 Å². The molecular weight excluding hydrogens is 524 g/mol. The number of ether oxygens (including phenoxy) is 1. The molecule has 0 aliphatic carbocycles. The molecule has 2 N–H and O–H groups in total. The van der Waals surface area contributed by atoms with Crippen LogP contribution in [0, 0.1) is 0 Å². The highest BCUT2D eigenvalue weighted by molar-refractivity contribution is 6.05. The van der Waals surface area contributed by atoms with Gasteiger partial charge in [-0.2, -0.15) is 0 Å². The first kappa shape index (κ1) is 27.5. The summed E-state index contributed by atoms with van der Waals surface area (Å²) in [5.74, 6) is 1.72. The first-order valence-electron chi connectivity index (χ1n) is 14.4. The second-order valence-electron chi connectivity index (χ2n) is 11.7. The van der Waals surface area contributed by atoms with E-state index < -0.39 is 0 Å². The van der Waals surface area contributed by atoms with Crippen LogP contribution in [0.5, 0.6) is 11.6 Å². The average Bonchev–Trinajstić information content (AvgIpc) is 3.41. The summed E-state index contributed by atoms with van der Waals surface area (Å²) in [5.41, 5.74) is 4.98. The minimum Gasteiger partial charge on any atom is -0.437 e. The molecule has 3 aromatic carbocycles. The summed E-state index contributed by atoms with van der Waals surface area (Å²) < 4.78 is 6.32. The summed E-state index contributed by atoms with van der Waals surface area (Å²) in [4.78, 5) is 30.5. The number of imidazole rings is 1. The molecule has 5 aromatic rings. The molecule has 0 spiro atoms. The second kappa shape index (κ2) is 11.7. The van der Waals surface area contributed by atoms with Gasteiger partial charge in [0.05, 0.1) is 11.1 Å². The monoisotopic (exact) mass is 560 g/mol. The van der Waals surface area contributed by atoms with Gasteiger partial charge in [-0.05, 0) is 41.3 Å². The maximum Gasteiger partial charge on any atom is 0.256 e. The first-order valence-corrected chi connectivity index (χ1v) is 14.4. The molecule has 0 bridgehead atoms. The summed E-state index contributed by atoms with van der Waals surface area (Å²) >= 11 is 0. The maximum absolute atomic E-state index is 13.6. The van der Waals surface area contributed by atoms with Crippen molar-refractivity contribution in [1.29, 1.82) is 0 Å². The van der Waals surface area contributed by atoms with E-state index in [1.807, 2.05) is 59.5 Å². The summed E-state index contributed by atoms with van der Waals surface area (Å²) in [5, 5.41) is 3.33. The van der Waals surface area contributed by atoms with Crippen LogP contribution in [0.25, 0.3) is 11.0 Å². The van der Waals surface area contributed by atoms with Crippen LogP contribution in [-0.2, 0) is 12.0 Å². The lowest BCUT2D eigenvalue weighted by atomic mass is 9.86. The lowest BCUT2D eigenvalue weighted by molar-refractivity contribution is 0.0630. The molecule has 1 aliphatic rings. The van der Waals surface area contributed by atoms with E-state index in [2.05, 4.69) is 71.3 Å². The number of carbonyl (C=O) groups is 1. The Balaban J connectivity index is 1.18. The van der Waals surface area contributed by atoms with Crippen molar-refractivity contribution in [2.75, 3.05) is 31.5 Å². The molecule has 42 heavy (non-hydrogen) atoms. The number of hydrogen-bond acceptors (Lipinski definition) is 6. The summed E-state index contributed by atoms with van der Waals surface area (Å²) in [7, 11) is 0. The number of benzene rings is 3. The molecular formula is C34H36N6O2. The Kier molecular flexibility index (Phi) is 7.63. The molecule has 0 saturated carbocycles. The molecule has 0 atom stereocenters. The normalized spacial score (nSPS) is 14.2. The Morgan fingerprint density at radius 1 is 0.905 bits per heavy atom. The Morgan fingerprint density at radius 3 is 2.45 bits per heavy atom. The third-order valence-corrected chi connectivity index (χ3v) is 7.58. The number of fused-ring (bicyclic) bond motifs is 1. The van der Waals surface area contributed by atoms with Gasteiger partial charge in [-0.25, -0.2) is 9.97 Å². The van der Waals surface area contributed by atoms with Gasteiger partial charge in [0.1, 0.15) is 17.0 Å². The molecule has 1 saturated heterocycles. The highest BCUT2D eigenvalue weighted by atomic mass is 16.5. The zero-order chi connectivity index (χ0) is 29.1. The average molecular weight is 561 g/mol. The third kappa shape index (κ3) is 5.99. The van der Waals surface area contributed by atoms with Crippen LogP contribution < -0.4 is 10.1 Å². The topological polar surface area (TPSA) is 86.4 Å². The number of nitrogens with zero attached hydrogens (tertiary/aromatic N) is 4. The fraction of sp³-hybridized carbons (Fsp3) is 0.265. The second-order valence-corrected chi connectivity index (χ2v) is 11.7. The minimum absolute atomic E-state index is 0.00204. The van der Waals surface area contributed by atoms with E-state index in [0.29, 0.717) is 41.7 Å². The predicted octanol–water partition coefficient (Wildman–Crippen LogP) is 6.75. The van der Waals surface area contributed by atoms with Crippen LogP contribution >= 0.6 is 0 Å². The predicted molar refractivity (Wildman–Crippen MR) is 166 cm³/mol. The van der Waals surface area contributed by atoms with Gasteiger partial charge < -0.3 is 19.9 Å². The van der Waals surface area contributed by atoms with Crippen molar-refractivity contribution in [3.05, 3.63) is 108 Å². The van der Waals surface area contributed by atoms with Gasteiger partial charge >= 0.3 is 0 Å². The minimum atomic E-state index is -0.0881. The molecule has 1 fully saturated rings. The van der Waals surface area contributed by atoms with Gasteiger partial charge in [0, 0.05) is 44.5 Å². The van der Waals surface area contributed by atoms with Crippen LogP contribution in [0.3, 0.4) is 0 Å². The van der Waals surface area contributed by atoms with E-state index in [1.54, 1.807) is 6.20 Å². The van der Waals surface area contributed by atoms with Crippen LogP contribution in [-0.4, -0.2) is 56.8 Å². The summed E-state index contributed by atoms with van der Waals surface area (Å²) in [6, 6.07) is 27.9. The smallest absolute Gasteiger partial charge is 0.256 e. The number of aromatic amines is 1. The summed E-state index contributed by atoms with van der Waals surface area (Å²) in [6.07, 6.45) is 1.70. The Morgan fingerprint density at radius 2 is 1.67 bits per heavy atom. The molecule has 8 nitrogen and oxygen atoms in total. The number of pyridine rings is 1. The summed E-state index contributed by atoms with van der Waals surface area (Å²) in [6.45, 7) is 10.4. The van der Waals surface area contributed by atoms with Gasteiger partial charge in [0.15, 0.2) is 0 Å². The van der Waals surface area contributed by atoms with Crippen molar-refractivity contribution in [3.63, 3.8) is 0 Å². The van der Waals surface area contributed by atoms with Crippen LogP contribution in [0.2, 0.25) is 0 Å². The van der Waals surface area contributed by atoms with Gasteiger partial charge in [0.2, 0.25) is 11.8 Å². The molecule has 0 unspecified atom stereocenters. The van der Waals surface area contributed by atoms with Crippen LogP contribution in [0.4, 0.5) is 11.6 Å².